The van der Waals surface area contributed by atoms with Gasteiger partial charge in [0.05, 0.1) is 5.69 Å². The molecule has 0 atom stereocenters. The van der Waals surface area contributed by atoms with Gasteiger partial charge in [-0.3, -0.25) is 4.79 Å². The van der Waals surface area contributed by atoms with Gasteiger partial charge in [-0.2, -0.15) is 0 Å². The van der Waals surface area contributed by atoms with Crippen LogP contribution in [0.2, 0.25) is 5.02 Å². The topological polar surface area (TPSA) is 56.2 Å². The lowest BCUT2D eigenvalue weighted by atomic mass is 10.3. The molecule has 1 N–H and O–H groups in total. The lowest BCUT2D eigenvalue weighted by molar-refractivity contribution is -0.112. The predicted molar refractivity (Wildman–Crippen MR) is 98.0 cm³/mol. The Bertz CT molecular complexity index is 887. The molecule has 6 heteroatoms. The van der Waals surface area contributed by atoms with Crippen molar-refractivity contribution in [1.29, 1.82) is 0 Å². The monoisotopic (exact) mass is 353 g/mol. The smallest absolute Gasteiger partial charge is 0.254 e. The number of hydrogen-bond acceptors (Lipinski definition) is 3. The molecular weight excluding hydrogens is 338 g/mol. The largest absolute Gasteiger partial charge is 0.445 e. The predicted octanol–water partition coefficient (Wildman–Crippen LogP) is 4.45. The number of nitrogens with zero attached hydrogens (tertiary/aromatic N) is 2. The molecule has 25 heavy (non-hydrogen) atoms. The van der Waals surface area contributed by atoms with E-state index < -0.39 is 0 Å². The molecule has 1 amide bonds. The van der Waals surface area contributed by atoms with Crippen LogP contribution < -0.4 is 10.1 Å². The van der Waals surface area contributed by atoms with Crippen LogP contribution in [0.5, 0.6) is 5.88 Å². The quantitative estimate of drug-likeness (QED) is 0.544. The summed E-state index contributed by atoms with van der Waals surface area (Å²) in [6.07, 6.45) is 3.15. The van der Waals surface area contributed by atoms with Gasteiger partial charge in [0.25, 0.3) is 5.91 Å². The van der Waals surface area contributed by atoms with Crippen molar-refractivity contribution in [3.8, 4) is 11.6 Å². The molecule has 0 spiro atoms. The van der Waals surface area contributed by atoms with Gasteiger partial charge in [-0.1, -0.05) is 29.8 Å². The Morgan fingerprint density at radius 2 is 1.84 bits per heavy atom. The molecule has 1 aromatic heterocycles. The van der Waals surface area contributed by atoms with Crippen LogP contribution in [0, 0.1) is 0 Å². The van der Waals surface area contributed by atoms with Crippen LogP contribution in [-0.4, -0.2) is 15.7 Å². The molecule has 5 nitrogen and oxygen atoms in total. The molecular formula is C19H16ClN3O2. The van der Waals surface area contributed by atoms with Gasteiger partial charge in [0.15, 0.2) is 0 Å². The number of carbonyl (C=O) groups excluding carboxylic acids is 1. The number of hydrogen-bond donors (Lipinski definition) is 1. The fraction of sp³-hybridized carbons (Fsp3) is 0.0526. The van der Waals surface area contributed by atoms with E-state index in [9.17, 15) is 4.79 Å². The van der Waals surface area contributed by atoms with Gasteiger partial charge < -0.3 is 10.1 Å². The third-order valence-corrected chi connectivity index (χ3v) is 3.65. The molecule has 0 saturated carbocycles. The van der Waals surface area contributed by atoms with Gasteiger partial charge in [-0.05, 0) is 43.3 Å². The maximum atomic E-state index is 12.1. The van der Waals surface area contributed by atoms with Crippen molar-refractivity contribution in [2.45, 2.75) is 6.92 Å². The Labute approximate surface area is 150 Å². The van der Waals surface area contributed by atoms with Crippen LogP contribution in [0.25, 0.3) is 5.69 Å². The third-order valence-electron chi connectivity index (χ3n) is 3.40. The zero-order valence-corrected chi connectivity index (χ0v) is 14.3. The third kappa shape index (κ3) is 4.49. The summed E-state index contributed by atoms with van der Waals surface area (Å²) in [5, 5.41) is 7.75. The first-order valence-corrected chi connectivity index (χ1v) is 8.01. The zero-order valence-electron chi connectivity index (χ0n) is 13.5. The number of para-hydroxylation sites is 1. The number of carbonyl (C=O) groups is 1. The van der Waals surface area contributed by atoms with E-state index in [1.807, 2.05) is 42.5 Å². The van der Waals surface area contributed by atoms with Gasteiger partial charge in [0.2, 0.25) is 5.88 Å². The first kappa shape index (κ1) is 16.8. The van der Waals surface area contributed by atoms with Crippen molar-refractivity contribution in [3.05, 3.63) is 83.7 Å². The van der Waals surface area contributed by atoms with Crippen LogP contribution in [0.3, 0.4) is 0 Å². The van der Waals surface area contributed by atoms with E-state index in [4.69, 9.17) is 16.3 Å². The van der Waals surface area contributed by atoms with E-state index in [2.05, 4.69) is 10.4 Å². The lowest BCUT2D eigenvalue weighted by Gasteiger charge is -2.05. The van der Waals surface area contributed by atoms with E-state index in [1.54, 1.807) is 36.0 Å². The molecule has 0 bridgehead atoms. The van der Waals surface area contributed by atoms with Crippen LogP contribution in [0.4, 0.5) is 5.69 Å². The van der Waals surface area contributed by atoms with E-state index in [-0.39, 0.29) is 5.91 Å². The standard InChI is InChI=1S/C19H16ClN3O2/c1-14(19(24)21-16-5-3-2-4-6-16)13-25-18-11-12-23(22-18)17-9-7-15(20)8-10-17/h2-13H,1H3,(H,21,24)/b14-13+. The Kier molecular flexibility index (Phi) is 5.16. The molecule has 126 valence electrons. The fourth-order valence-electron chi connectivity index (χ4n) is 2.06. The number of ether oxygens (including phenoxy) is 1. The van der Waals surface area contributed by atoms with Crippen LogP contribution in [-0.2, 0) is 4.79 Å². The maximum absolute atomic E-state index is 12.1. The Hall–Kier alpha value is -3.05. The molecule has 0 radical (unpaired) electrons. The van der Waals surface area contributed by atoms with Crippen molar-refractivity contribution < 1.29 is 9.53 Å². The highest BCUT2D eigenvalue weighted by atomic mass is 35.5. The number of halogens is 1. The number of aromatic nitrogens is 2. The van der Waals surface area contributed by atoms with Crippen molar-refractivity contribution in [3.63, 3.8) is 0 Å². The van der Waals surface area contributed by atoms with Gasteiger partial charge in [0.1, 0.15) is 6.26 Å². The van der Waals surface area contributed by atoms with E-state index in [0.717, 1.165) is 11.4 Å². The molecule has 2 aromatic carbocycles. The summed E-state index contributed by atoms with van der Waals surface area (Å²) in [7, 11) is 0. The Morgan fingerprint density at radius 1 is 1.12 bits per heavy atom. The molecule has 0 unspecified atom stereocenters. The minimum atomic E-state index is -0.233. The maximum Gasteiger partial charge on any atom is 0.254 e. The summed E-state index contributed by atoms with van der Waals surface area (Å²) in [6, 6.07) is 18.2. The first-order valence-electron chi connectivity index (χ1n) is 7.63. The summed E-state index contributed by atoms with van der Waals surface area (Å²) in [4.78, 5) is 12.1. The van der Waals surface area contributed by atoms with Crippen LogP contribution in [0.15, 0.2) is 78.7 Å². The second kappa shape index (κ2) is 7.68. The van der Waals surface area contributed by atoms with Crippen molar-refractivity contribution in [1.82, 2.24) is 9.78 Å². The number of nitrogens with one attached hydrogen (secondary N) is 1. The molecule has 0 aliphatic carbocycles. The highest BCUT2D eigenvalue weighted by molar-refractivity contribution is 6.30. The van der Waals surface area contributed by atoms with E-state index in [1.165, 1.54) is 6.26 Å². The normalized spacial score (nSPS) is 11.2. The summed E-state index contributed by atoms with van der Waals surface area (Å²) in [5.41, 5.74) is 2.03. The summed E-state index contributed by atoms with van der Waals surface area (Å²) in [6.45, 7) is 1.68. The Balaban J connectivity index is 1.63. The zero-order chi connectivity index (χ0) is 17.6. The summed E-state index contributed by atoms with van der Waals surface area (Å²) in [5.74, 6) is 0.158. The highest BCUT2D eigenvalue weighted by Crippen LogP contribution is 2.16. The average molecular weight is 354 g/mol. The van der Waals surface area contributed by atoms with Gasteiger partial charge >= 0.3 is 0 Å². The van der Waals surface area contributed by atoms with Crippen LogP contribution >= 0.6 is 11.6 Å². The summed E-state index contributed by atoms with van der Waals surface area (Å²) >= 11 is 5.88. The summed E-state index contributed by atoms with van der Waals surface area (Å²) < 4.78 is 7.14. The molecule has 3 aromatic rings. The minimum absolute atomic E-state index is 0.233. The average Bonchev–Trinajstić information content (AvgIpc) is 3.10. The van der Waals surface area contributed by atoms with E-state index >= 15 is 0 Å². The van der Waals surface area contributed by atoms with Gasteiger partial charge in [0, 0.05) is 28.5 Å². The lowest BCUT2D eigenvalue weighted by Crippen LogP contribution is -2.13. The number of benzene rings is 2. The van der Waals surface area contributed by atoms with Crippen molar-refractivity contribution in [2.24, 2.45) is 0 Å². The van der Waals surface area contributed by atoms with Crippen molar-refractivity contribution in [2.75, 3.05) is 5.32 Å². The molecule has 0 aliphatic rings. The fourth-order valence-corrected chi connectivity index (χ4v) is 2.19. The van der Waals surface area contributed by atoms with Crippen molar-refractivity contribution >= 4 is 23.2 Å². The number of anilines is 1. The molecule has 0 aliphatic heterocycles. The minimum Gasteiger partial charge on any atom is -0.445 e. The molecule has 0 saturated heterocycles. The van der Waals surface area contributed by atoms with Crippen LogP contribution in [0.1, 0.15) is 6.92 Å². The Morgan fingerprint density at radius 3 is 2.56 bits per heavy atom. The molecule has 3 rings (SSSR count). The second-order valence-corrected chi connectivity index (χ2v) is 5.75. The van der Waals surface area contributed by atoms with Gasteiger partial charge in [-0.15, -0.1) is 5.10 Å². The molecule has 1 heterocycles. The first-order chi connectivity index (χ1) is 12.1. The number of rotatable bonds is 5. The van der Waals surface area contributed by atoms with E-state index in [0.29, 0.717) is 16.5 Å². The molecule has 0 fully saturated rings. The number of amides is 1. The highest BCUT2D eigenvalue weighted by Gasteiger charge is 2.06. The van der Waals surface area contributed by atoms with Gasteiger partial charge in [-0.25, -0.2) is 4.68 Å². The SMILES string of the molecule is C/C(=C\Oc1ccn(-c2ccc(Cl)cc2)n1)C(=O)Nc1ccccc1. The second-order valence-electron chi connectivity index (χ2n) is 5.31.